The standard InChI is InChI=1S/C15H21NO4S/c1-2-8-21(17,18)16-13-5-3-4-11-9-14-15(10-12(11)13)20-7-6-19-14/h9-10,13,16H,2-8H2,1H3. The smallest absolute Gasteiger partial charge is 0.212 e. The third kappa shape index (κ3) is 3.16. The molecule has 0 fully saturated rings. The summed E-state index contributed by atoms with van der Waals surface area (Å²) in [6.45, 7) is 2.98. The van der Waals surface area contributed by atoms with Crippen molar-refractivity contribution in [3.05, 3.63) is 23.3 Å². The third-order valence-corrected chi connectivity index (χ3v) is 5.50. The van der Waals surface area contributed by atoms with Gasteiger partial charge in [0.2, 0.25) is 10.0 Å². The molecule has 21 heavy (non-hydrogen) atoms. The maximum Gasteiger partial charge on any atom is 0.212 e. The molecule has 0 aromatic heterocycles. The van der Waals surface area contributed by atoms with Crippen LogP contribution in [0.4, 0.5) is 0 Å². The zero-order valence-electron chi connectivity index (χ0n) is 12.2. The molecule has 1 aromatic carbocycles. The van der Waals surface area contributed by atoms with Crippen molar-refractivity contribution in [3.63, 3.8) is 0 Å². The number of rotatable bonds is 4. The summed E-state index contributed by atoms with van der Waals surface area (Å²) in [7, 11) is -3.22. The second kappa shape index (κ2) is 5.85. The Morgan fingerprint density at radius 2 is 1.95 bits per heavy atom. The van der Waals surface area contributed by atoms with Crippen molar-refractivity contribution in [2.75, 3.05) is 19.0 Å². The van der Waals surface area contributed by atoms with Crippen molar-refractivity contribution >= 4 is 10.0 Å². The second-order valence-electron chi connectivity index (χ2n) is 5.58. The average Bonchev–Trinajstić information content (AvgIpc) is 2.45. The summed E-state index contributed by atoms with van der Waals surface area (Å²) >= 11 is 0. The van der Waals surface area contributed by atoms with Crippen LogP contribution in [0.25, 0.3) is 0 Å². The summed E-state index contributed by atoms with van der Waals surface area (Å²) in [4.78, 5) is 0. The van der Waals surface area contributed by atoms with Gasteiger partial charge in [-0.2, -0.15) is 0 Å². The van der Waals surface area contributed by atoms with E-state index in [0.29, 0.717) is 19.6 Å². The van der Waals surface area contributed by atoms with E-state index in [1.54, 1.807) is 0 Å². The second-order valence-corrected chi connectivity index (χ2v) is 7.45. The number of ether oxygens (including phenoxy) is 2. The molecule has 0 radical (unpaired) electrons. The summed E-state index contributed by atoms with van der Waals surface area (Å²) < 4.78 is 38.1. The van der Waals surface area contributed by atoms with Gasteiger partial charge in [-0.25, -0.2) is 13.1 Å². The van der Waals surface area contributed by atoms with Crippen LogP contribution >= 0.6 is 0 Å². The predicted molar refractivity (Wildman–Crippen MR) is 80.3 cm³/mol. The fraction of sp³-hybridized carbons (Fsp3) is 0.600. The van der Waals surface area contributed by atoms with Crippen LogP contribution in [0, 0.1) is 0 Å². The molecule has 1 heterocycles. The molecule has 6 heteroatoms. The van der Waals surface area contributed by atoms with Gasteiger partial charge >= 0.3 is 0 Å². The van der Waals surface area contributed by atoms with Gasteiger partial charge < -0.3 is 9.47 Å². The number of fused-ring (bicyclic) bond motifs is 2. The first-order valence-corrected chi connectivity index (χ1v) is 9.16. The van der Waals surface area contributed by atoms with Gasteiger partial charge in [0.1, 0.15) is 13.2 Å². The largest absolute Gasteiger partial charge is 0.486 e. The van der Waals surface area contributed by atoms with Crippen molar-refractivity contribution in [2.24, 2.45) is 0 Å². The molecule has 1 aliphatic carbocycles. The van der Waals surface area contributed by atoms with Gasteiger partial charge in [-0.15, -0.1) is 0 Å². The minimum Gasteiger partial charge on any atom is -0.486 e. The number of benzene rings is 1. The fourth-order valence-electron chi connectivity index (χ4n) is 3.01. The van der Waals surface area contributed by atoms with Gasteiger partial charge in [0, 0.05) is 6.04 Å². The highest BCUT2D eigenvalue weighted by Gasteiger charge is 2.27. The number of nitrogens with one attached hydrogen (secondary N) is 1. The zero-order chi connectivity index (χ0) is 14.9. The Morgan fingerprint density at radius 3 is 2.67 bits per heavy atom. The Morgan fingerprint density at radius 1 is 1.24 bits per heavy atom. The minimum atomic E-state index is -3.22. The minimum absolute atomic E-state index is 0.152. The van der Waals surface area contributed by atoms with E-state index in [1.165, 1.54) is 0 Å². The number of sulfonamides is 1. The van der Waals surface area contributed by atoms with Gasteiger partial charge in [-0.3, -0.25) is 0 Å². The Bertz CT molecular complexity index is 627. The van der Waals surface area contributed by atoms with Gasteiger partial charge in [0.15, 0.2) is 11.5 Å². The lowest BCUT2D eigenvalue weighted by Gasteiger charge is -2.29. The molecule has 0 bridgehead atoms. The fourth-order valence-corrected chi connectivity index (χ4v) is 4.34. The SMILES string of the molecule is CCCS(=O)(=O)NC1CCCc2cc3c(cc21)OCCO3. The number of aryl methyl sites for hydroxylation is 1. The molecule has 1 N–H and O–H groups in total. The van der Waals surface area contributed by atoms with Crippen LogP contribution in [0.3, 0.4) is 0 Å². The maximum atomic E-state index is 12.0. The molecule has 0 saturated carbocycles. The summed E-state index contributed by atoms with van der Waals surface area (Å²) in [6.07, 6.45) is 3.38. The summed E-state index contributed by atoms with van der Waals surface area (Å²) in [6, 6.07) is 3.80. The highest BCUT2D eigenvalue weighted by atomic mass is 32.2. The van der Waals surface area contributed by atoms with Crippen molar-refractivity contribution in [3.8, 4) is 11.5 Å². The number of hydrogen-bond donors (Lipinski definition) is 1. The molecule has 5 nitrogen and oxygen atoms in total. The van der Waals surface area contributed by atoms with Crippen LogP contribution in [0.5, 0.6) is 11.5 Å². The van der Waals surface area contributed by atoms with Gasteiger partial charge in [0.25, 0.3) is 0 Å². The van der Waals surface area contributed by atoms with Crippen LogP contribution < -0.4 is 14.2 Å². The van der Waals surface area contributed by atoms with E-state index in [4.69, 9.17) is 9.47 Å². The normalized spacial score (nSPS) is 20.9. The van der Waals surface area contributed by atoms with Gasteiger partial charge in [-0.05, 0) is 48.9 Å². The quantitative estimate of drug-likeness (QED) is 0.925. The summed E-state index contributed by atoms with van der Waals surface area (Å²) in [5.74, 6) is 1.67. The van der Waals surface area contributed by atoms with Crippen molar-refractivity contribution in [2.45, 2.75) is 38.6 Å². The van der Waals surface area contributed by atoms with Gasteiger partial charge in [0.05, 0.1) is 5.75 Å². The molecule has 0 amide bonds. The highest BCUT2D eigenvalue weighted by molar-refractivity contribution is 7.89. The lowest BCUT2D eigenvalue weighted by molar-refractivity contribution is 0.171. The van der Waals surface area contributed by atoms with Crippen LogP contribution in [0.15, 0.2) is 12.1 Å². The molecular formula is C15H21NO4S. The predicted octanol–water partition coefficient (Wildman–Crippen LogP) is 2.16. The molecule has 1 unspecified atom stereocenters. The van der Waals surface area contributed by atoms with Crippen molar-refractivity contribution < 1.29 is 17.9 Å². The van der Waals surface area contributed by atoms with E-state index in [1.807, 2.05) is 19.1 Å². The van der Waals surface area contributed by atoms with E-state index >= 15 is 0 Å². The lowest BCUT2D eigenvalue weighted by Crippen LogP contribution is -2.32. The van der Waals surface area contributed by atoms with Crippen LogP contribution in [0.2, 0.25) is 0 Å². The average molecular weight is 311 g/mol. The Hall–Kier alpha value is -1.27. The summed E-state index contributed by atoms with van der Waals surface area (Å²) in [5, 5.41) is 0. The molecule has 0 spiro atoms. The molecule has 1 atom stereocenters. The van der Waals surface area contributed by atoms with E-state index in [2.05, 4.69) is 4.72 Å². The van der Waals surface area contributed by atoms with E-state index < -0.39 is 10.0 Å². The molecule has 2 aliphatic rings. The Kier molecular flexibility index (Phi) is 4.08. The topological polar surface area (TPSA) is 64.6 Å². The molecule has 3 rings (SSSR count). The number of hydrogen-bond acceptors (Lipinski definition) is 4. The summed E-state index contributed by atoms with van der Waals surface area (Å²) in [5.41, 5.74) is 2.19. The Labute approximate surface area is 125 Å². The van der Waals surface area contributed by atoms with Crippen LogP contribution in [0.1, 0.15) is 43.4 Å². The molecule has 0 saturated heterocycles. The van der Waals surface area contributed by atoms with E-state index in [-0.39, 0.29) is 11.8 Å². The third-order valence-electron chi connectivity index (χ3n) is 3.91. The molecule has 116 valence electrons. The first-order chi connectivity index (χ1) is 10.1. The van der Waals surface area contributed by atoms with E-state index in [9.17, 15) is 8.42 Å². The highest BCUT2D eigenvalue weighted by Crippen LogP contribution is 2.39. The van der Waals surface area contributed by atoms with Gasteiger partial charge in [-0.1, -0.05) is 6.92 Å². The van der Waals surface area contributed by atoms with Crippen LogP contribution in [-0.2, 0) is 16.4 Å². The molecule has 1 aliphatic heterocycles. The molecular weight excluding hydrogens is 290 g/mol. The zero-order valence-corrected chi connectivity index (χ0v) is 13.0. The lowest BCUT2D eigenvalue weighted by atomic mass is 9.88. The monoisotopic (exact) mass is 311 g/mol. The first-order valence-electron chi connectivity index (χ1n) is 7.51. The maximum absolute atomic E-state index is 12.0. The van der Waals surface area contributed by atoms with E-state index in [0.717, 1.165) is 41.9 Å². The Balaban J connectivity index is 1.90. The van der Waals surface area contributed by atoms with Crippen LogP contribution in [-0.4, -0.2) is 27.4 Å². The van der Waals surface area contributed by atoms with Crippen molar-refractivity contribution in [1.29, 1.82) is 0 Å². The van der Waals surface area contributed by atoms with Crippen molar-refractivity contribution in [1.82, 2.24) is 4.72 Å². The first kappa shape index (κ1) is 14.7. The molecule has 1 aromatic rings.